The molecule has 0 fully saturated rings. The van der Waals surface area contributed by atoms with Crippen LogP contribution in [0.1, 0.15) is 22.9 Å². The van der Waals surface area contributed by atoms with Crippen LogP contribution in [0.4, 0.5) is 4.39 Å². The van der Waals surface area contributed by atoms with Crippen LogP contribution < -0.4 is 5.73 Å². The highest BCUT2D eigenvalue weighted by Crippen LogP contribution is 2.18. The molecule has 0 aliphatic heterocycles. The van der Waals surface area contributed by atoms with Gasteiger partial charge in [-0.25, -0.2) is 4.39 Å². The molecule has 0 saturated heterocycles. The van der Waals surface area contributed by atoms with Gasteiger partial charge in [0.2, 0.25) is 0 Å². The summed E-state index contributed by atoms with van der Waals surface area (Å²) in [6, 6.07) is 4.76. The van der Waals surface area contributed by atoms with Gasteiger partial charge >= 0.3 is 0 Å². The van der Waals surface area contributed by atoms with E-state index in [1.54, 1.807) is 12.4 Å². The van der Waals surface area contributed by atoms with Crippen molar-refractivity contribution in [3.63, 3.8) is 0 Å². The molecule has 1 atom stereocenters. The van der Waals surface area contributed by atoms with E-state index in [0.717, 1.165) is 17.5 Å². The topological polar surface area (TPSA) is 51.8 Å². The van der Waals surface area contributed by atoms with Crippen LogP contribution in [0.5, 0.6) is 0 Å². The van der Waals surface area contributed by atoms with Gasteiger partial charge in [0.15, 0.2) is 0 Å². The molecule has 2 N–H and O–H groups in total. The van der Waals surface area contributed by atoms with Gasteiger partial charge in [-0.1, -0.05) is 6.07 Å². The van der Waals surface area contributed by atoms with Crippen LogP contribution in [0.25, 0.3) is 0 Å². The van der Waals surface area contributed by atoms with Crippen molar-refractivity contribution >= 4 is 0 Å². The van der Waals surface area contributed by atoms with Crippen LogP contribution in [0.3, 0.4) is 0 Å². The summed E-state index contributed by atoms with van der Waals surface area (Å²) >= 11 is 0. The Bertz CT molecular complexity index is 482. The molecule has 3 nitrogen and oxygen atoms in total. The van der Waals surface area contributed by atoms with Crippen LogP contribution in [0.2, 0.25) is 0 Å². The van der Waals surface area contributed by atoms with Crippen LogP contribution >= 0.6 is 0 Å². The number of nitrogens with two attached hydrogens (primary N) is 1. The predicted octanol–water partition coefficient (Wildman–Crippen LogP) is 1.97. The van der Waals surface area contributed by atoms with E-state index >= 15 is 0 Å². The van der Waals surface area contributed by atoms with E-state index in [1.165, 1.54) is 6.07 Å². The van der Waals surface area contributed by atoms with E-state index in [2.05, 4.69) is 9.97 Å². The molecular weight excluding hydrogens is 205 g/mol. The number of hydrogen-bond donors (Lipinski definition) is 1. The lowest BCUT2D eigenvalue weighted by molar-refractivity contribution is 0.616. The zero-order chi connectivity index (χ0) is 11.5. The molecule has 0 amide bonds. The average Bonchev–Trinajstić information content (AvgIpc) is 2.29. The van der Waals surface area contributed by atoms with Gasteiger partial charge < -0.3 is 5.73 Å². The first-order valence-corrected chi connectivity index (χ1v) is 4.95. The minimum atomic E-state index is -0.392. The molecule has 2 aromatic rings. The predicted molar refractivity (Wildman–Crippen MR) is 59.2 cm³/mol. The summed E-state index contributed by atoms with van der Waals surface area (Å²) in [6.45, 7) is 1.90. The Morgan fingerprint density at radius 3 is 2.62 bits per heavy atom. The molecular formula is C12H12FN3. The molecule has 0 aliphatic rings. The third-order valence-corrected chi connectivity index (χ3v) is 2.38. The summed E-state index contributed by atoms with van der Waals surface area (Å²) in [7, 11) is 0. The van der Waals surface area contributed by atoms with Crippen molar-refractivity contribution in [1.29, 1.82) is 0 Å². The second kappa shape index (κ2) is 4.37. The quantitative estimate of drug-likeness (QED) is 0.836. The Hall–Kier alpha value is -1.81. The monoisotopic (exact) mass is 217 g/mol. The first-order valence-electron chi connectivity index (χ1n) is 4.95. The maximum Gasteiger partial charge on any atom is 0.141 e. The fraction of sp³-hybridized carbons (Fsp3) is 0.167. The van der Waals surface area contributed by atoms with Gasteiger partial charge in [-0.15, -0.1) is 0 Å². The van der Waals surface area contributed by atoms with Gasteiger partial charge in [-0.05, 0) is 30.2 Å². The van der Waals surface area contributed by atoms with Crippen molar-refractivity contribution in [2.75, 3.05) is 0 Å². The maximum atomic E-state index is 13.0. The van der Waals surface area contributed by atoms with Gasteiger partial charge in [0, 0.05) is 18.1 Å². The highest BCUT2D eigenvalue weighted by Gasteiger charge is 2.10. The number of aromatic nitrogens is 2. The van der Waals surface area contributed by atoms with Crippen LogP contribution in [0.15, 0.2) is 36.8 Å². The first kappa shape index (κ1) is 10.7. The number of aryl methyl sites for hydroxylation is 1. The smallest absolute Gasteiger partial charge is 0.141 e. The Balaban J connectivity index is 2.31. The summed E-state index contributed by atoms with van der Waals surface area (Å²) < 4.78 is 13.0. The average molecular weight is 217 g/mol. The fourth-order valence-electron chi connectivity index (χ4n) is 1.45. The molecule has 16 heavy (non-hydrogen) atoms. The largest absolute Gasteiger partial charge is 0.320 e. The van der Waals surface area contributed by atoms with Gasteiger partial charge in [0.25, 0.3) is 0 Å². The van der Waals surface area contributed by atoms with Gasteiger partial charge in [-0.2, -0.15) is 0 Å². The molecule has 0 bridgehead atoms. The highest BCUT2D eigenvalue weighted by atomic mass is 19.1. The minimum absolute atomic E-state index is 0.381. The molecule has 2 heterocycles. The lowest BCUT2D eigenvalue weighted by atomic mass is 10.0. The molecule has 0 aromatic carbocycles. The number of halogens is 1. The Morgan fingerprint density at radius 2 is 2.00 bits per heavy atom. The molecule has 1 unspecified atom stereocenters. The van der Waals surface area contributed by atoms with Crippen molar-refractivity contribution in [3.05, 3.63) is 59.4 Å². The fourth-order valence-corrected chi connectivity index (χ4v) is 1.45. The third kappa shape index (κ3) is 2.23. The zero-order valence-electron chi connectivity index (χ0n) is 8.89. The molecule has 2 aromatic heterocycles. The SMILES string of the molecule is Cc1ccc(C(N)c2cncc(F)c2)cn1. The van der Waals surface area contributed by atoms with Crippen LogP contribution in [-0.4, -0.2) is 9.97 Å². The molecule has 4 heteroatoms. The highest BCUT2D eigenvalue weighted by molar-refractivity contribution is 5.28. The van der Waals surface area contributed by atoms with Crippen molar-refractivity contribution in [3.8, 4) is 0 Å². The van der Waals surface area contributed by atoms with E-state index in [1.807, 2.05) is 19.1 Å². The summed E-state index contributed by atoms with van der Waals surface area (Å²) in [5.41, 5.74) is 8.40. The van der Waals surface area contributed by atoms with Crippen molar-refractivity contribution in [2.45, 2.75) is 13.0 Å². The van der Waals surface area contributed by atoms with E-state index < -0.39 is 6.04 Å². The number of nitrogens with zero attached hydrogens (tertiary/aromatic N) is 2. The third-order valence-electron chi connectivity index (χ3n) is 2.38. The molecule has 0 saturated carbocycles. The van der Waals surface area contributed by atoms with E-state index in [4.69, 9.17) is 5.73 Å². The van der Waals surface area contributed by atoms with Crippen molar-refractivity contribution < 1.29 is 4.39 Å². The summed E-state index contributed by atoms with van der Waals surface area (Å²) in [4.78, 5) is 7.93. The number of pyridine rings is 2. The minimum Gasteiger partial charge on any atom is -0.320 e. The van der Waals surface area contributed by atoms with E-state index in [-0.39, 0.29) is 5.82 Å². The number of rotatable bonds is 2. The standard InChI is InChI=1S/C12H12FN3/c1-8-2-3-9(6-16-8)12(14)10-4-11(13)7-15-5-10/h2-7,12H,14H2,1H3. The number of hydrogen-bond acceptors (Lipinski definition) is 3. The van der Waals surface area contributed by atoms with Crippen LogP contribution in [0, 0.1) is 12.7 Å². The lowest BCUT2D eigenvalue weighted by Gasteiger charge is -2.11. The Morgan fingerprint density at radius 1 is 1.19 bits per heavy atom. The van der Waals surface area contributed by atoms with E-state index in [9.17, 15) is 4.39 Å². The molecule has 2 rings (SSSR count). The van der Waals surface area contributed by atoms with E-state index in [0.29, 0.717) is 5.56 Å². The zero-order valence-corrected chi connectivity index (χ0v) is 8.89. The first-order chi connectivity index (χ1) is 7.66. The molecule has 0 spiro atoms. The summed E-state index contributed by atoms with van der Waals surface area (Å²) in [6.07, 6.45) is 4.42. The van der Waals surface area contributed by atoms with Gasteiger partial charge in [0.05, 0.1) is 12.2 Å². The maximum absolute atomic E-state index is 13.0. The lowest BCUT2D eigenvalue weighted by Crippen LogP contribution is -2.12. The summed E-state index contributed by atoms with van der Waals surface area (Å²) in [5.74, 6) is -0.381. The van der Waals surface area contributed by atoms with Gasteiger partial charge in [-0.3, -0.25) is 9.97 Å². The molecule has 0 aliphatic carbocycles. The molecule has 0 radical (unpaired) electrons. The molecule has 82 valence electrons. The van der Waals surface area contributed by atoms with Crippen molar-refractivity contribution in [2.24, 2.45) is 5.73 Å². The Kier molecular flexibility index (Phi) is 2.92. The normalized spacial score (nSPS) is 12.4. The van der Waals surface area contributed by atoms with Crippen LogP contribution in [-0.2, 0) is 0 Å². The summed E-state index contributed by atoms with van der Waals surface area (Å²) in [5, 5.41) is 0. The second-order valence-corrected chi connectivity index (χ2v) is 3.65. The second-order valence-electron chi connectivity index (χ2n) is 3.65. The van der Waals surface area contributed by atoms with Gasteiger partial charge in [0.1, 0.15) is 5.82 Å². The Labute approximate surface area is 93.2 Å². The van der Waals surface area contributed by atoms with Crippen molar-refractivity contribution in [1.82, 2.24) is 9.97 Å².